The molecule has 0 aromatic heterocycles. The van der Waals surface area contributed by atoms with Gasteiger partial charge in [0.05, 0.1) is 19.8 Å². The van der Waals surface area contributed by atoms with Crippen LogP contribution in [0.1, 0.15) is 57.2 Å². The molecule has 3 aromatic rings. The molecule has 5 rings (SSSR count). The van der Waals surface area contributed by atoms with E-state index in [1.165, 1.54) is 0 Å². The van der Waals surface area contributed by atoms with E-state index in [-0.39, 0.29) is 38.1 Å². The maximum atomic E-state index is 14.6. The van der Waals surface area contributed by atoms with Gasteiger partial charge in [0.2, 0.25) is 11.8 Å². The molecule has 2 saturated heterocycles. The Bertz CT molecular complexity index is 1610. The lowest BCUT2D eigenvalue weighted by Gasteiger charge is -2.37. The summed E-state index contributed by atoms with van der Waals surface area (Å²) in [5, 5.41) is 6.09. The van der Waals surface area contributed by atoms with Gasteiger partial charge in [-0.15, -0.1) is 0 Å². The van der Waals surface area contributed by atoms with Gasteiger partial charge in [0, 0.05) is 19.5 Å². The Morgan fingerprint density at radius 2 is 1.58 bits per heavy atom. The molecule has 0 unspecified atom stereocenters. The molecule has 2 fully saturated rings. The maximum Gasteiger partial charge on any atom is 0.318 e. The van der Waals surface area contributed by atoms with Crippen molar-refractivity contribution in [2.75, 3.05) is 13.7 Å². The van der Waals surface area contributed by atoms with E-state index in [4.69, 9.17) is 29.4 Å². The fraction of sp³-hybridized carbons (Fsp3) is 0.475. The second-order valence-corrected chi connectivity index (χ2v) is 13.9. The average molecular weight is 717 g/mol. The third-order valence-corrected chi connectivity index (χ3v) is 9.59. The van der Waals surface area contributed by atoms with Gasteiger partial charge in [0.15, 0.2) is 12.1 Å². The van der Waals surface area contributed by atoms with Crippen LogP contribution in [0.3, 0.4) is 0 Å². The average Bonchev–Trinajstić information content (AvgIpc) is 3.62. The molecule has 2 aliphatic heterocycles. The molecule has 0 spiro atoms. The van der Waals surface area contributed by atoms with Crippen LogP contribution in [0.5, 0.6) is 5.75 Å². The molecule has 12 heteroatoms. The van der Waals surface area contributed by atoms with Gasteiger partial charge < -0.3 is 45.0 Å². The van der Waals surface area contributed by atoms with Crippen molar-refractivity contribution in [3.05, 3.63) is 102 Å². The molecular weight excluding hydrogens is 664 g/mol. The number of nitrogens with one attached hydrogen (secondary N) is 2. The number of urea groups is 1. The largest absolute Gasteiger partial charge is 0.497 e. The van der Waals surface area contributed by atoms with Gasteiger partial charge in [-0.25, -0.2) is 4.79 Å². The number of methoxy groups -OCH3 is 1. The number of primary amides is 1. The van der Waals surface area contributed by atoms with Gasteiger partial charge in [-0.1, -0.05) is 93.1 Å². The van der Waals surface area contributed by atoms with Crippen LogP contribution in [0.2, 0.25) is 0 Å². The van der Waals surface area contributed by atoms with E-state index >= 15 is 0 Å². The minimum Gasteiger partial charge on any atom is -0.497 e. The van der Waals surface area contributed by atoms with Gasteiger partial charge in [0.1, 0.15) is 30.1 Å². The van der Waals surface area contributed by atoms with E-state index < -0.39 is 54.3 Å². The Morgan fingerprint density at radius 3 is 2.19 bits per heavy atom. The second-order valence-electron chi connectivity index (χ2n) is 13.9. The summed E-state index contributed by atoms with van der Waals surface area (Å²) >= 11 is 0. The SMILES string of the molecule is CC[C@@H](C)[C@@H](C(=O)N[C@@H](CC(N)=O)[C@@H]1O[C@H]2OC(C)(C)O[C@H]2[C@@H]1OCc1ccccc1)N(CCc1ccc(OC)cc1)C(=O)NCc1ccccc1. The molecule has 3 aromatic carbocycles. The summed E-state index contributed by atoms with van der Waals surface area (Å²) in [5.41, 5.74) is 8.61. The van der Waals surface area contributed by atoms with Gasteiger partial charge in [0.25, 0.3) is 0 Å². The minimum absolute atomic E-state index is 0.232. The van der Waals surface area contributed by atoms with Crippen LogP contribution in [-0.4, -0.2) is 78.9 Å². The van der Waals surface area contributed by atoms with Crippen LogP contribution in [0.25, 0.3) is 0 Å². The zero-order valence-electron chi connectivity index (χ0n) is 30.7. The third-order valence-electron chi connectivity index (χ3n) is 9.59. The van der Waals surface area contributed by atoms with Crippen molar-refractivity contribution < 1.29 is 38.1 Å². The number of nitrogens with zero attached hydrogens (tertiary/aromatic N) is 1. The Kier molecular flexibility index (Phi) is 13.3. The van der Waals surface area contributed by atoms with Crippen molar-refractivity contribution in [1.82, 2.24) is 15.5 Å². The van der Waals surface area contributed by atoms with E-state index in [1.807, 2.05) is 98.8 Å². The third kappa shape index (κ3) is 10.1. The Labute approximate surface area is 306 Å². The summed E-state index contributed by atoms with van der Waals surface area (Å²) in [7, 11) is 1.61. The van der Waals surface area contributed by atoms with Crippen molar-refractivity contribution >= 4 is 17.8 Å². The monoisotopic (exact) mass is 716 g/mol. The highest BCUT2D eigenvalue weighted by Gasteiger charge is 2.57. The van der Waals surface area contributed by atoms with Crippen molar-refractivity contribution in [3.63, 3.8) is 0 Å². The first-order chi connectivity index (χ1) is 25.0. The second kappa shape index (κ2) is 17.8. The molecule has 0 saturated carbocycles. The summed E-state index contributed by atoms with van der Waals surface area (Å²) in [5.74, 6) is -1.52. The molecule has 2 heterocycles. The number of fused-ring (bicyclic) bond motifs is 1. The van der Waals surface area contributed by atoms with Gasteiger partial charge in [-0.2, -0.15) is 0 Å². The number of hydrogen-bond donors (Lipinski definition) is 3. The highest BCUT2D eigenvalue weighted by Crippen LogP contribution is 2.40. The fourth-order valence-electron chi connectivity index (χ4n) is 6.73. The predicted octanol–water partition coefficient (Wildman–Crippen LogP) is 4.69. The van der Waals surface area contributed by atoms with Gasteiger partial charge >= 0.3 is 6.03 Å². The molecule has 280 valence electrons. The Morgan fingerprint density at radius 1 is 0.923 bits per heavy atom. The molecule has 0 radical (unpaired) electrons. The summed E-state index contributed by atoms with van der Waals surface area (Å²) in [4.78, 5) is 42.8. The van der Waals surface area contributed by atoms with E-state index in [9.17, 15) is 14.4 Å². The van der Waals surface area contributed by atoms with E-state index in [0.29, 0.717) is 12.8 Å². The zero-order valence-corrected chi connectivity index (χ0v) is 30.7. The molecule has 52 heavy (non-hydrogen) atoms. The normalized spacial score (nSPS) is 22.1. The first-order valence-electron chi connectivity index (χ1n) is 17.9. The van der Waals surface area contributed by atoms with Crippen LogP contribution in [0.4, 0.5) is 4.79 Å². The van der Waals surface area contributed by atoms with Crippen LogP contribution in [0, 0.1) is 5.92 Å². The van der Waals surface area contributed by atoms with Crippen LogP contribution >= 0.6 is 0 Å². The molecule has 12 nitrogen and oxygen atoms in total. The molecule has 0 bridgehead atoms. The van der Waals surface area contributed by atoms with Crippen molar-refractivity contribution in [1.29, 1.82) is 0 Å². The molecule has 2 aliphatic rings. The molecular formula is C40H52N4O8. The van der Waals surface area contributed by atoms with Crippen LogP contribution in [0.15, 0.2) is 84.9 Å². The lowest BCUT2D eigenvalue weighted by Crippen LogP contribution is -2.60. The lowest BCUT2D eigenvalue weighted by molar-refractivity contribution is -0.222. The standard InChI is InChI=1S/C40H52N4O8/c1-6-26(2)33(44(22-21-27-17-19-30(48-5)20-18-27)39(47)42-24-28-13-9-7-10-14-28)37(46)43-31(23-32(41)45)34-35(49-25-29-15-11-8-12-16-29)36-38(50-34)52-40(3,4)51-36/h7-20,26,31,33-36,38H,6,21-25H2,1-5H3,(H2,41,45)(H,42,47)(H,43,46)/t26-,31+,33+,34+,35-,36+,38+/m1/s1. The highest BCUT2D eigenvalue weighted by atomic mass is 16.8. The number of nitrogens with two attached hydrogens (primary N) is 1. The number of hydrogen-bond acceptors (Lipinski definition) is 8. The van der Waals surface area contributed by atoms with Gasteiger partial charge in [-0.3, -0.25) is 9.59 Å². The molecule has 4 amide bonds. The summed E-state index contributed by atoms with van der Waals surface area (Å²) < 4.78 is 30.4. The van der Waals surface area contributed by atoms with Crippen molar-refractivity contribution in [2.45, 2.75) is 103 Å². The van der Waals surface area contributed by atoms with E-state index in [2.05, 4.69) is 10.6 Å². The smallest absolute Gasteiger partial charge is 0.318 e. The first kappa shape index (κ1) is 38.7. The Balaban J connectivity index is 1.41. The van der Waals surface area contributed by atoms with E-state index in [0.717, 1.165) is 22.4 Å². The molecule has 4 N–H and O–H groups in total. The highest BCUT2D eigenvalue weighted by molar-refractivity contribution is 5.88. The number of ether oxygens (including phenoxy) is 5. The summed E-state index contributed by atoms with van der Waals surface area (Å²) in [6, 6.07) is 24.7. The number of rotatable bonds is 17. The fourth-order valence-corrected chi connectivity index (χ4v) is 6.73. The minimum atomic E-state index is -0.920. The van der Waals surface area contributed by atoms with Crippen molar-refractivity contribution in [2.24, 2.45) is 11.7 Å². The molecule has 7 atom stereocenters. The number of benzene rings is 3. The first-order valence-corrected chi connectivity index (χ1v) is 17.9. The quantitative estimate of drug-likeness (QED) is 0.182. The van der Waals surface area contributed by atoms with Crippen LogP contribution < -0.4 is 21.1 Å². The zero-order chi connectivity index (χ0) is 37.3. The number of carbonyl (C=O) groups excluding carboxylic acids is 3. The van der Waals surface area contributed by atoms with Crippen molar-refractivity contribution in [3.8, 4) is 5.75 Å². The van der Waals surface area contributed by atoms with Gasteiger partial charge in [-0.05, 0) is 55.0 Å². The number of carbonyl (C=O) groups is 3. The number of amides is 4. The molecule has 0 aliphatic carbocycles. The van der Waals surface area contributed by atoms with Crippen LogP contribution in [-0.2, 0) is 48.1 Å². The summed E-state index contributed by atoms with van der Waals surface area (Å²) in [6.07, 6.45) is -2.10. The Hall–Kier alpha value is -4.49. The predicted molar refractivity (Wildman–Crippen MR) is 195 cm³/mol. The summed E-state index contributed by atoms with van der Waals surface area (Å²) in [6.45, 7) is 8.27. The van der Waals surface area contributed by atoms with E-state index in [1.54, 1.807) is 25.9 Å². The lowest BCUT2D eigenvalue weighted by atomic mass is 9.94. The topological polar surface area (TPSA) is 151 Å². The maximum absolute atomic E-state index is 14.6.